The quantitative estimate of drug-likeness (QED) is 0.137. The van der Waals surface area contributed by atoms with Crippen molar-refractivity contribution < 1.29 is 23.8 Å². The molecule has 35 heavy (non-hydrogen) atoms. The smallest absolute Gasteiger partial charge is 0.330 e. The topological polar surface area (TPSA) is 61.8 Å². The summed E-state index contributed by atoms with van der Waals surface area (Å²) < 4.78 is 16.1. The largest absolute Gasteiger partial charge is 0.493 e. The van der Waals surface area contributed by atoms with Gasteiger partial charge in [0.1, 0.15) is 11.5 Å². The Labute approximate surface area is 209 Å². The highest BCUT2D eigenvalue weighted by atomic mass is 16.5. The van der Waals surface area contributed by atoms with Gasteiger partial charge in [-0.1, -0.05) is 50.6 Å². The van der Waals surface area contributed by atoms with Crippen LogP contribution in [0.2, 0.25) is 0 Å². The van der Waals surface area contributed by atoms with Crippen LogP contribution in [0.1, 0.15) is 75.3 Å². The molecule has 0 unspecified atom stereocenters. The number of carbonyl (C=O) groups is 2. The maximum atomic E-state index is 12.3. The van der Waals surface area contributed by atoms with E-state index >= 15 is 0 Å². The Hall–Kier alpha value is -3.08. The van der Waals surface area contributed by atoms with Crippen LogP contribution >= 0.6 is 0 Å². The van der Waals surface area contributed by atoms with E-state index in [1.54, 1.807) is 0 Å². The van der Waals surface area contributed by atoms with Gasteiger partial charge in [-0.05, 0) is 79.3 Å². The molecule has 0 aromatic heterocycles. The van der Waals surface area contributed by atoms with Crippen LogP contribution in [0.5, 0.6) is 11.5 Å². The minimum absolute atomic E-state index is 0.229. The first kappa shape index (κ1) is 26.5. The van der Waals surface area contributed by atoms with Crippen LogP contribution in [0, 0.1) is 5.92 Å². The van der Waals surface area contributed by atoms with Gasteiger partial charge in [-0.15, -0.1) is 0 Å². The first-order valence-corrected chi connectivity index (χ1v) is 12.9. The zero-order valence-electron chi connectivity index (χ0n) is 20.9. The van der Waals surface area contributed by atoms with E-state index in [0.717, 1.165) is 23.3 Å². The van der Waals surface area contributed by atoms with Gasteiger partial charge in [-0.3, -0.25) is 4.79 Å². The van der Waals surface area contributed by atoms with Gasteiger partial charge >= 0.3 is 11.9 Å². The van der Waals surface area contributed by atoms with Crippen molar-refractivity contribution in [3.05, 3.63) is 72.3 Å². The predicted molar refractivity (Wildman–Crippen MR) is 138 cm³/mol. The van der Waals surface area contributed by atoms with Gasteiger partial charge in [0, 0.05) is 18.9 Å². The molecule has 1 aliphatic rings. The fraction of sp³-hybridized carbons (Fsp3) is 0.467. The first-order valence-electron chi connectivity index (χ1n) is 12.9. The SMILES string of the molecule is C=CC(=O)OCCCOc1ccc(CCC(=O)Oc2ccc(C3CCC(CCC)CC3)cc2)cc1. The molecular weight excluding hydrogens is 440 g/mol. The molecule has 0 aliphatic heterocycles. The minimum Gasteiger partial charge on any atom is -0.493 e. The molecule has 1 fully saturated rings. The molecule has 0 amide bonds. The molecule has 3 rings (SSSR count). The fourth-order valence-electron chi connectivity index (χ4n) is 4.66. The molecule has 0 heterocycles. The molecule has 1 saturated carbocycles. The normalized spacial score (nSPS) is 17.4. The highest BCUT2D eigenvalue weighted by Gasteiger charge is 2.21. The molecule has 5 nitrogen and oxygen atoms in total. The second-order valence-corrected chi connectivity index (χ2v) is 9.27. The third-order valence-corrected chi connectivity index (χ3v) is 6.64. The summed E-state index contributed by atoms with van der Waals surface area (Å²) in [4.78, 5) is 23.3. The van der Waals surface area contributed by atoms with E-state index in [9.17, 15) is 9.59 Å². The van der Waals surface area contributed by atoms with E-state index in [1.165, 1.54) is 44.1 Å². The van der Waals surface area contributed by atoms with Gasteiger partial charge in [0.2, 0.25) is 0 Å². The van der Waals surface area contributed by atoms with E-state index < -0.39 is 5.97 Å². The lowest BCUT2D eigenvalue weighted by Gasteiger charge is -2.28. The van der Waals surface area contributed by atoms with Crippen molar-refractivity contribution in [1.82, 2.24) is 0 Å². The van der Waals surface area contributed by atoms with E-state index in [-0.39, 0.29) is 5.97 Å². The number of hydrogen-bond donors (Lipinski definition) is 0. The molecule has 0 radical (unpaired) electrons. The summed E-state index contributed by atoms with van der Waals surface area (Å²) in [7, 11) is 0. The summed E-state index contributed by atoms with van der Waals surface area (Å²) in [6.07, 6.45) is 10.5. The van der Waals surface area contributed by atoms with Crippen LogP contribution in [0.3, 0.4) is 0 Å². The first-order chi connectivity index (χ1) is 17.1. The number of esters is 2. The molecule has 2 aromatic rings. The maximum absolute atomic E-state index is 12.3. The number of aryl methyl sites for hydroxylation is 1. The molecule has 188 valence electrons. The Morgan fingerprint density at radius 2 is 1.63 bits per heavy atom. The predicted octanol–water partition coefficient (Wildman–Crippen LogP) is 6.80. The van der Waals surface area contributed by atoms with Gasteiger partial charge in [0.25, 0.3) is 0 Å². The Bertz CT molecular complexity index is 924. The number of benzene rings is 2. The summed E-state index contributed by atoms with van der Waals surface area (Å²) >= 11 is 0. The van der Waals surface area contributed by atoms with Crippen LogP contribution in [0.25, 0.3) is 0 Å². The van der Waals surface area contributed by atoms with Gasteiger partial charge in [-0.2, -0.15) is 0 Å². The molecule has 0 saturated heterocycles. The summed E-state index contributed by atoms with van der Waals surface area (Å²) in [6, 6.07) is 15.8. The molecule has 5 heteroatoms. The van der Waals surface area contributed by atoms with Crippen molar-refractivity contribution in [2.75, 3.05) is 13.2 Å². The lowest BCUT2D eigenvalue weighted by Crippen LogP contribution is -2.13. The van der Waals surface area contributed by atoms with Crippen LogP contribution in [0.4, 0.5) is 0 Å². The summed E-state index contributed by atoms with van der Waals surface area (Å²) in [6.45, 7) is 6.38. The molecule has 1 aliphatic carbocycles. The molecule has 2 aromatic carbocycles. The average molecular weight is 479 g/mol. The zero-order chi connectivity index (χ0) is 24.9. The van der Waals surface area contributed by atoms with Gasteiger partial charge < -0.3 is 14.2 Å². The van der Waals surface area contributed by atoms with Gasteiger partial charge in [0.15, 0.2) is 0 Å². The van der Waals surface area contributed by atoms with Crippen molar-refractivity contribution in [1.29, 1.82) is 0 Å². The van der Waals surface area contributed by atoms with E-state index in [2.05, 4.69) is 25.6 Å². The second kappa shape index (κ2) is 14.3. The highest BCUT2D eigenvalue weighted by molar-refractivity contribution is 5.81. The number of hydrogen-bond acceptors (Lipinski definition) is 5. The Kier molecular flexibility index (Phi) is 10.9. The summed E-state index contributed by atoms with van der Waals surface area (Å²) in [5.74, 6) is 2.23. The number of ether oxygens (including phenoxy) is 3. The Morgan fingerprint density at radius 1 is 0.943 bits per heavy atom. The van der Waals surface area contributed by atoms with E-state index in [4.69, 9.17) is 14.2 Å². The monoisotopic (exact) mass is 478 g/mol. The molecule has 0 atom stereocenters. The van der Waals surface area contributed by atoms with Crippen LogP contribution < -0.4 is 9.47 Å². The van der Waals surface area contributed by atoms with Gasteiger partial charge in [-0.25, -0.2) is 4.79 Å². The molecule has 0 bridgehead atoms. The maximum Gasteiger partial charge on any atom is 0.330 e. The van der Waals surface area contributed by atoms with Gasteiger partial charge in [0.05, 0.1) is 13.2 Å². The van der Waals surface area contributed by atoms with Crippen molar-refractivity contribution in [2.24, 2.45) is 5.92 Å². The van der Waals surface area contributed by atoms with Crippen molar-refractivity contribution >= 4 is 11.9 Å². The van der Waals surface area contributed by atoms with Crippen molar-refractivity contribution in [2.45, 2.75) is 70.6 Å². The second-order valence-electron chi connectivity index (χ2n) is 9.27. The lowest BCUT2D eigenvalue weighted by molar-refractivity contribution is -0.138. The molecule has 0 spiro atoms. The Balaban J connectivity index is 1.34. The third-order valence-electron chi connectivity index (χ3n) is 6.64. The Morgan fingerprint density at radius 3 is 2.29 bits per heavy atom. The summed E-state index contributed by atoms with van der Waals surface area (Å²) in [5.41, 5.74) is 2.41. The third kappa shape index (κ3) is 9.23. The van der Waals surface area contributed by atoms with Crippen LogP contribution in [-0.2, 0) is 20.7 Å². The fourth-order valence-corrected chi connectivity index (χ4v) is 4.66. The van der Waals surface area contributed by atoms with Crippen LogP contribution in [-0.4, -0.2) is 25.2 Å². The minimum atomic E-state index is -0.426. The van der Waals surface area contributed by atoms with E-state index in [1.807, 2.05) is 36.4 Å². The zero-order valence-corrected chi connectivity index (χ0v) is 20.9. The van der Waals surface area contributed by atoms with Crippen molar-refractivity contribution in [3.8, 4) is 11.5 Å². The van der Waals surface area contributed by atoms with Crippen LogP contribution in [0.15, 0.2) is 61.2 Å². The number of rotatable bonds is 13. The molecule has 0 N–H and O–H groups in total. The van der Waals surface area contributed by atoms with E-state index in [0.29, 0.717) is 44.1 Å². The standard InChI is InChI=1S/C30H38O5/c1-3-6-23-7-12-25(13-8-23)26-14-18-28(19-15-26)35-30(32)20-11-24-9-16-27(17-10-24)33-21-5-22-34-29(31)4-2/h4,9-10,14-19,23,25H,2-3,5-8,11-13,20-22H2,1H3. The highest BCUT2D eigenvalue weighted by Crippen LogP contribution is 2.37. The lowest BCUT2D eigenvalue weighted by atomic mass is 9.77. The average Bonchev–Trinajstić information content (AvgIpc) is 2.89. The molecular formula is C30H38O5. The van der Waals surface area contributed by atoms with Crippen molar-refractivity contribution in [3.63, 3.8) is 0 Å². The summed E-state index contributed by atoms with van der Waals surface area (Å²) in [5, 5.41) is 0. The number of carbonyl (C=O) groups excluding carboxylic acids is 2.